The molecule has 0 unspecified atom stereocenters. The number of rotatable bonds is 4. The van der Waals surface area contributed by atoms with Crippen LogP contribution in [0.1, 0.15) is 11.1 Å². The van der Waals surface area contributed by atoms with Gasteiger partial charge in [0.15, 0.2) is 10.7 Å². The molecule has 0 radical (unpaired) electrons. The summed E-state index contributed by atoms with van der Waals surface area (Å²) in [5.41, 5.74) is 1.45. The van der Waals surface area contributed by atoms with Crippen LogP contribution in [0.2, 0.25) is 0 Å². The summed E-state index contributed by atoms with van der Waals surface area (Å²) < 4.78 is 27.6. The highest BCUT2D eigenvalue weighted by Crippen LogP contribution is 2.20. The van der Waals surface area contributed by atoms with Gasteiger partial charge in [-0.1, -0.05) is 24.3 Å². The van der Waals surface area contributed by atoms with Crippen molar-refractivity contribution in [3.8, 4) is 11.8 Å². The van der Waals surface area contributed by atoms with Crippen molar-refractivity contribution >= 4 is 10.7 Å². The van der Waals surface area contributed by atoms with Crippen LogP contribution >= 0.6 is 0 Å². The van der Waals surface area contributed by atoms with Crippen LogP contribution in [0.4, 0.5) is 0 Å². The quantitative estimate of drug-likeness (QED) is 0.866. The van der Waals surface area contributed by atoms with E-state index in [-0.39, 0.29) is 11.5 Å². The Labute approximate surface area is 112 Å². The molecule has 19 heavy (non-hydrogen) atoms. The van der Waals surface area contributed by atoms with E-state index in [1.54, 1.807) is 42.5 Å². The van der Waals surface area contributed by atoms with Crippen LogP contribution in [0.25, 0.3) is 0 Å². The van der Waals surface area contributed by atoms with Gasteiger partial charge in [-0.05, 0) is 29.8 Å². The lowest BCUT2D eigenvalue weighted by Gasteiger charge is -2.08. The molecular formula is C14H11NO3S. The Bertz CT molecular complexity index is 677. The van der Waals surface area contributed by atoms with Crippen molar-refractivity contribution in [3.63, 3.8) is 0 Å². The van der Waals surface area contributed by atoms with Crippen molar-refractivity contribution in [2.75, 3.05) is 0 Å². The largest absolute Gasteiger partial charge is 0.488 e. The Hall–Kier alpha value is -2.32. The van der Waals surface area contributed by atoms with Gasteiger partial charge >= 0.3 is 0 Å². The third kappa shape index (κ3) is 3.33. The van der Waals surface area contributed by atoms with Crippen molar-refractivity contribution in [1.29, 1.82) is 5.26 Å². The summed E-state index contributed by atoms with van der Waals surface area (Å²) in [6, 6.07) is 15.5. The third-order valence-corrected chi connectivity index (χ3v) is 3.30. The molecule has 2 aromatic rings. The Balaban J connectivity index is 2.12. The van der Waals surface area contributed by atoms with Gasteiger partial charge < -0.3 is 4.74 Å². The van der Waals surface area contributed by atoms with Gasteiger partial charge in [-0.3, -0.25) is 0 Å². The molecule has 0 heterocycles. The molecule has 4 nitrogen and oxygen atoms in total. The lowest BCUT2D eigenvalue weighted by Crippen LogP contribution is -1.98. The summed E-state index contributed by atoms with van der Waals surface area (Å²) in [6.45, 7) is 0.256. The molecule has 96 valence electrons. The minimum atomic E-state index is -2.67. The summed E-state index contributed by atoms with van der Waals surface area (Å²) in [5, 5.41) is 8.69. The molecule has 0 aliphatic rings. The van der Waals surface area contributed by atoms with Gasteiger partial charge in [0.05, 0.1) is 11.6 Å². The van der Waals surface area contributed by atoms with Crippen molar-refractivity contribution in [3.05, 3.63) is 59.7 Å². The highest BCUT2D eigenvalue weighted by molar-refractivity contribution is 7.72. The third-order valence-electron chi connectivity index (χ3n) is 2.54. The van der Waals surface area contributed by atoms with Gasteiger partial charge in [-0.2, -0.15) is 5.26 Å². The normalized spacial score (nSPS) is 10.1. The predicted octanol–water partition coefficient (Wildman–Crippen LogP) is 2.11. The Morgan fingerprint density at radius 3 is 2.37 bits per heavy atom. The number of para-hydroxylation sites is 1. The summed E-state index contributed by atoms with van der Waals surface area (Å²) in [5.74, 6) is 0.336. The minimum Gasteiger partial charge on any atom is -0.488 e. The highest BCUT2D eigenvalue weighted by atomic mass is 32.2. The molecule has 0 atom stereocenters. The van der Waals surface area contributed by atoms with Crippen LogP contribution < -0.4 is 4.74 Å². The molecular weight excluding hydrogens is 262 g/mol. The number of nitrogens with zero attached hydrogens (tertiary/aromatic N) is 1. The topological polar surface area (TPSA) is 67.2 Å². The molecule has 2 rings (SSSR count). The maximum atomic E-state index is 11.0. The number of hydrogen-bond donors (Lipinski definition) is 1. The first-order chi connectivity index (χ1) is 9.20. The Morgan fingerprint density at radius 2 is 1.74 bits per heavy atom. The zero-order valence-corrected chi connectivity index (χ0v) is 10.8. The second-order valence-electron chi connectivity index (χ2n) is 3.82. The molecule has 0 amide bonds. The maximum Gasteiger partial charge on any atom is 0.171 e. The number of ether oxygens (including phenoxy) is 1. The van der Waals surface area contributed by atoms with Crippen LogP contribution in [0.5, 0.6) is 5.75 Å². The molecule has 2 aromatic carbocycles. The fraction of sp³-hybridized carbons (Fsp3) is 0.0714. The average molecular weight is 273 g/mol. The zero-order valence-electron chi connectivity index (χ0n) is 9.95. The highest BCUT2D eigenvalue weighted by Gasteiger charge is 2.05. The van der Waals surface area contributed by atoms with Gasteiger partial charge in [0.2, 0.25) is 0 Å². The monoisotopic (exact) mass is 273 g/mol. The Kier molecular flexibility index (Phi) is 4.16. The first-order valence-corrected chi connectivity index (χ1v) is 6.73. The minimum absolute atomic E-state index is 0.172. The number of hydrogen-bond acceptors (Lipinski definition) is 4. The molecule has 0 N–H and O–H groups in total. The van der Waals surface area contributed by atoms with E-state index in [0.29, 0.717) is 11.3 Å². The van der Waals surface area contributed by atoms with Crippen LogP contribution in [0.3, 0.4) is 0 Å². The zero-order chi connectivity index (χ0) is 13.7. The van der Waals surface area contributed by atoms with Crippen molar-refractivity contribution in [2.24, 2.45) is 0 Å². The van der Waals surface area contributed by atoms with E-state index < -0.39 is 10.7 Å². The van der Waals surface area contributed by atoms with Gasteiger partial charge in [-0.15, -0.1) is 0 Å². The standard InChI is InChI=1S/C14H11NO3S/c15-9-11-5-7-12(8-6-11)10-18-13-3-1-2-4-14(13)19(16)17/h1-8,19H,10H2. The second-order valence-corrected chi connectivity index (χ2v) is 4.82. The second kappa shape index (κ2) is 6.03. The van der Waals surface area contributed by atoms with E-state index >= 15 is 0 Å². The van der Waals surface area contributed by atoms with Crippen molar-refractivity contribution in [2.45, 2.75) is 11.5 Å². The molecule has 0 fully saturated rings. The first-order valence-electron chi connectivity index (χ1n) is 5.56. The van der Waals surface area contributed by atoms with Crippen LogP contribution in [0, 0.1) is 11.3 Å². The smallest absolute Gasteiger partial charge is 0.171 e. The van der Waals surface area contributed by atoms with Gasteiger partial charge in [0, 0.05) is 0 Å². The molecule has 0 saturated carbocycles. The van der Waals surface area contributed by atoms with Crippen LogP contribution in [0.15, 0.2) is 53.4 Å². The molecule has 0 aliphatic heterocycles. The summed E-state index contributed by atoms with van der Waals surface area (Å²) in [6.07, 6.45) is 0. The predicted molar refractivity (Wildman–Crippen MR) is 70.5 cm³/mol. The molecule has 0 bridgehead atoms. The molecule has 0 saturated heterocycles. The molecule has 0 aliphatic carbocycles. The number of thiol groups is 1. The SMILES string of the molecule is N#Cc1ccc(COc2ccccc2[SH](=O)=O)cc1. The van der Waals surface area contributed by atoms with Crippen molar-refractivity contribution in [1.82, 2.24) is 0 Å². The van der Waals surface area contributed by atoms with Gasteiger partial charge in [0.25, 0.3) is 0 Å². The number of benzene rings is 2. The fourth-order valence-corrected chi connectivity index (χ4v) is 2.09. The lowest BCUT2D eigenvalue weighted by molar-refractivity contribution is 0.298. The van der Waals surface area contributed by atoms with Crippen LogP contribution in [-0.4, -0.2) is 8.42 Å². The Morgan fingerprint density at radius 1 is 1.05 bits per heavy atom. The van der Waals surface area contributed by atoms with E-state index in [1.807, 2.05) is 6.07 Å². The van der Waals surface area contributed by atoms with Crippen molar-refractivity contribution < 1.29 is 13.2 Å². The maximum absolute atomic E-state index is 11.0. The van der Waals surface area contributed by atoms with E-state index in [4.69, 9.17) is 10.00 Å². The molecule has 5 heteroatoms. The fourth-order valence-electron chi connectivity index (χ4n) is 1.57. The molecule has 0 spiro atoms. The van der Waals surface area contributed by atoms with E-state index in [9.17, 15) is 8.42 Å². The van der Waals surface area contributed by atoms with Gasteiger partial charge in [-0.25, -0.2) is 8.42 Å². The van der Waals surface area contributed by atoms with E-state index in [1.165, 1.54) is 6.07 Å². The summed E-state index contributed by atoms with van der Waals surface area (Å²) >= 11 is 0. The number of nitriles is 1. The van der Waals surface area contributed by atoms with E-state index in [2.05, 4.69) is 0 Å². The average Bonchev–Trinajstić information content (AvgIpc) is 2.46. The molecule has 0 aromatic heterocycles. The lowest BCUT2D eigenvalue weighted by atomic mass is 10.2. The summed E-state index contributed by atoms with van der Waals surface area (Å²) in [4.78, 5) is 0.172. The van der Waals surface area contributed by atoms with E-state index in [0.717, 1.165) is 5.56 Å². The first kappa shape index (κ1) is 13.1. The van der Waals surface area contributed by atoms with Crippen LogP contribution in [-0.2, 0) is 17.3 Å². The van der Waals surface area contributed by atoms with Gasteiger partial charge in [0.1, 0.15) is 17.3 Å². The summed E-state index contributed by atoms with van der Waals surface area (Å²) in [7, 11) is -2.67.